The Morgan fingerprint density at radius 1 is 1.45 bits per heavy atom. The van der Waals surface area contributed by atoms with Crippen molar-refractivity contribution in [3.8, 4) is 6.07 Å². The van der Waals surface area contributed by atoms with Gasteiger partial charge in [-0.15, -0.1) is 0 Å². The lowest BCUT2D eigenvalue weighted by molar-refractivity contribution is 0.360. The third kappa shape index (κ3) is 2.94. The number of anilines is 1. The fourth-order valence-corrected chi connectivity index (χ4v) is 4.12. The maximum atomic E-state index is 12.8. The van der Waals surface area contributed by atoms with E-state index in [9.17, 15) is 8.42 Å². The molecule has 0 radical (unpaired) electrons. The Bertz CT molecular complexity index is 643. The van der Waals surface area contributed by atoms with Gasteiger partial charge >= 0.3 is 0 Å². The Kier molecular flexibility index (Phi) is 4.02. The maximum Gasteiger partial charge on any atom is 0.244 e. The fourth-order valence-electron chi connectivity index (χ4n) is 2.15. The van der Waals surface area contributed by atoms with E-state index in [1.165, 1.54) is 22.5 Å². The molecule has 1 fully saturated rings. The minimum Gasteiger partial charge on any atom is -0.399 e. The van der Waals surface area contributed by atoms with Crippen LogP contribution in [0.25, 0.3) is 0 Å². The van der Waals surface area contributed by atoms with Gasteiger partial charge in [0.05, 0.1) is 5.56 Å². The van der Waals surface area contributed by atoms with Crippen LogP contribution in [0.3, 0.4) is 0 Å². The number of benzene rings is 1. The summed E-state index contributed by atoms with van der Waals surface area (Å²) < 4.78 is 27.1. The van der Waals surface area contributed by atoms with Gasteiger partial charge in [0.25, 0.3) is 0 Å². The molecule has 1 aliphatic carbocycles. The summed E-state index contributed by atoms with van der Waals surface area (Å²) in [5.74, 6) is 0.240. The lowest BCUT2D eigenvalue weighted by atomic mass is 10.2. The number of hydrogen-bond donors (Lipinski definition) is 1. The largest absolute Gasteiger partial charge is 0.399 e. The van der Waals surface area contributed by atoms with Crippen LogP contribution in [0, 0.1) is 17.2 Å². The molecule has 1 aromatic carbocycles. The Balaban J connectivity index is 2.45. The van der Waals surface area contributed by atoms with Crippen LogP contribution < -0.4 is 5.73 Å². The number of nitrogen functional groups attached to an aromatic ring is 1. The highest BCUT2D eigenvalue weighted by atomic mass is 32.2. The number of nitrogens with two attached hydrogens (primary N) is 1. The quantitative estimate of drug-likeness (QED) is 0.840. The van der Waals surface area contributed by atoms with E-state index < -0.39 is 10.0 Å². The normalized spacial score (nSPS) is 15.6. The van der Waals surface area contributed by atoms with E-state index in [1.54, 1.807) is 0 Å². The third-order valence-corrected chi connectivity index (χ3v) is 5.19. The molecule has 6 heteroatoms. The third-order valence-electron chi connectivity index (χ3n) is 3.21. The second-order valence-electron chi connectivity index (χ2n) is 5.57. The van der Waals surface area contributed by atoms with Crippen molar-refractivity contribution in [2.24, 2.45) is 5.92 Å². The standard InChI is InChI=1S/C14H19N3O2S/c1-10(2)9-17(13-4-5-13)20(18,19)14-6-3-12(16)7-11(14)8-15/h3,6-7,10,13H,4-5,9,16H2,1-2H3. The lowest BCUT2D eigenvalue weighted by Crippen LogP contribution is -2.36. The smallest absolute Gasteiger partial charge is 0.244 e. The molecule has 2 rings (SSSR count). The summed E-state index contributed by atoms with van der Waals surface area (Å²) in [6.07, 6.45) is 1.78. The molecule has 0 amide bonds. The van der Waals surface area contributed by atoms with Crippen molar-refractivity contribution >= 4 is 15.7 Å². The molecule has 0 unspecified atom stereocenters. The van der Waals surface area contributed by atoms with Crippen LogP contribution >= 0.6 is 0 Å². The highest BCUT2D eigenvalue weighted by molar-refractivity contribution is 7.89. The van der Waals surface area contributed by atoms with Gasteiger partial charge in [0.2, 0.25) is 10.0 Å². The van der Waals surface area contributed by atoms with Gasteiger partial charge in [0.1, 0.15) is 11.0 Å². The fraction of sp³-hybridized carbons (Fsp3) is 0.500. The van der Waals surface area contributed by atoms with Crippen molar-refractivity contribution in [2.45, 2.75) is 37.6 Å². The first kappa shape index (κ1) is 14.8. The second-order valence-corrected chi connectivity index (χ2v) is 7.43. The molecule has 108 valence electrons. The van der Waals surface area contributed by atoms with Crippen molar-refractivity contribution < 1.29 is 8.42 Å². The summed E-state index contributed by atoms with van der Waals surface area (Å²) in [7, 11) is -3.64. The van der Waals surface area contributed by atoms with Crippen molar-refractivity contribution in [1.82, 2.24) is 4.31 Å². The van der Waals surface area contributed by atoms with Crippen LogP contribution in [0.4, 0.5) is 5.69 Å². The van der Waals surface area contributed by atoms with Crippen molar-refractivity contribution in [2.75, 3.05) is 12.3 Å². The molecule has 0 bridgehead atoms. The number of hydrogen-bond acceptors (Lipinski definition) is 4. The van der Waals surface area contributed by atoms with Crippen molar-refractivity contribution in [3.05, 3.63) is 23.8 Å². The topological polar surface area (TPSA) is 87.2 Å². The Morgan fingerprint density at radius 2 is 2.10 bits per heavy atom. The molecule has 0 aliphatic heterocycles. The molecule has 0 saturated heterocycles. The van der Waals surface area contributed by atoms with Crippen molar-refractivity contribution in [1.29, 1.82) is 5.26 Å². The predicted octanol–water partition coefficient (Wildman–Crippen LogP) is 1.95. The molecule has 2 N–H and O–H groups in total. The van der Waals surface area contributed by atoms with Gasteiger partial charge in [-0.1, -0.05) is 13.8 Å². The molecule has 0 atom stereocenters. The minimum absolute atomic E-state index is 0.0572. The van der Waals surface area contributed by atoms with Gasteiger partial charge in [0.15, 0.2) is 0 Å². The zero-order valence-electron chi connectivity index (χ0n) is 11.7. The number of nitrogens with zero attached hydrogens (tertiary/aromatic N) is 2. The molecule has 1 saturated carbocycles. The summed E-state index contributed by atoms with van der Waals surface area (Å²) in [4.78, 5) is 0.0572. The first-order chi connectivity index (χ1) is 9.36. The molecular formula is C14H19N3O2S. The number of rotatable bonds is 5. The van der Waals surface area contributed by atoms with Crippen LogP contribution in [0.15, 0.2) is 23.1 Å². The average Bonchev–Trinajstić information content (AvgIpc) is 3.19. The summed E-state index contributed by atoms with van der Waals surface area (Å²) in [5, 5.41) is 9.14. The van der Waals surface area contributed by atoms with Crippen LogP contribution in [0.1, 0.15) is 32.3 Å². The average molecular weight is 293 g/mol. The number of sulfonamides is 1. The summed E-state index contributed by atoms with van der Waals surface area (Å²) in [5.41, 5.74) is 6.12. The van der Waals surface area contributed by atoms with Crippen molar-refractivity contribution in [3.63, 3.8) is 0 Å². The summed E-state index contributed by atoms with van der Waals surface area (Å²) >= 11 is 0. The van der Waals surface area contributed by atoms with E-state index in [-0.39, 0.29) is 22.4 Å². The van der Waals surface area contributed by atoms with Crippen LogP contribution in [-0.4, -0.2) is 25.3 Å². The van der Waals surface area contributed by atoms with E-state index in [0.29, 0.717) is 12.2 Å². The molecule has 5 nitrogen and oxygen atoms in total. The van der Waals surface area contributed by atoms with Gasteiger partial charge in [-0.3, -0.25) is 0 Å². The molecule has 1 aliphatic rings. The molecular weight excluding hydrogens is 274 g/mol. The van der Waals surface area contributed by atoms with Gasteiger partial charge in [0, 0.05) is 18.3 Å². The SMILES string of the molecule is CC(C)CN(C1CC1)S(=O)(=O)c1ccc(N)cc1C#N. The Hall–Kier alpha value is -1.58. The Morgan fingerprint density at radius 3 is 2.60 bits per heavy atom. The molecule has 0 spiro atoms. The molecule has 1 aromatic rings. The van der Waals surface area contributed by atoms with Gasteiger partial charge in [-0.2, -0.15) is 9.57 Å². The zero-order valence-corrected chi connectivity index (χ0v) is 12.5. The van der Waals surface area contributed by atoms with Crippen LogP contribution in [0.5, 0.6) is 0 Å². The second kappa shape index (κ2) is 5.43. The maximum absolute atomic E-state index is 12.8. The molecule has 0 aromatic heterocycles. The van der Waals surface area contributed by atoms with Gasteiger partial charge in [-0.25, -0.2) is 8.42 Å². The van der Waals surface area contributed by atoms with Gasteiger partial charge < -0.3 is 5.73 Å². The lowest BCUT2D eigenvalue weighted by Gasteiger charge is -2.24. The Labute approximate surface area is 120 Å². The summed E-state index contributed by atoms with van der Waals surface area (Å²) in [6, 6.07) is 6.36. The van der Waals surface area contributed by atoms with Crippen LogP contribution in [0.2, 0.25) is 0 Å². The first-order valence-corrected chi connectivity index (χ1v) is 8.11. The predicted molar refractivity (Wildman–Crippen MR) is 77.3 cm³/mol. The van der Waals surface area contributed by atoms with E-state index in [1.807, 2.05) is 19.9 Å². The first-order valence-electron chi connectivity index (χ1n) is 6.67. The monoisotopic (exact) mass is 293 g/mol. The minimum atomic E-state index is -3.64. The van der Waals surface area contributed by atoms with Gasteiger partial charge in [-0.05, 0) is 37.0 Å². The zero-order chi connectivity index (χ0) is 14.9. The van der Waals surface area contributed by atoms with E-state index in [2.05, 4.69) is 0 Å². The highest BCUT2D eigenvalue weighted by Gasteiger charge is 2.39. The van der Waals surface area contributed by atoms with E-state index in [4.69, 9.17) is 11.0 Å². The summed E-state index contributed by atoms with van der Waals surface area (Å²) in [6.45, 7) is 4.44. The molecule has 20 heavy (non-hydrogen) atoms. The van der Waals surface area contributed by atoms with E-state index in [0.717, 1.165) is 12.8 Å². The van der Waals surface area contributed by atoms with Crippen LogP contribution in [-0.2, 0) is 10.0 Å². The number of nitriles is 1. The molecule has 0 heterocycles. The highest BCUT2D eigenvalue weighted by Crippen LogP contribution is 2.34. The van der Waals surface area contributed by atoms with E-state index >= 15 is 0 Å².